The molecule has 0 spiro atoms. The lowest BCUT2D eigenvalue weighted by molar-refractivity contribution is 0.279. The van der Waals surface area contributed by atoms with Crippen molar-refractivity contribution in [1.82, 2.24) is 0 Å². The van der Waals surface area contributed by atoms with Gasteiger partial charge in [-0.3, -0.25) is 0 Å². The van der Waals surface area contributed by atoms with E-state index >= 15 is 0 Å². The number of methoxy groups -OCH3 is 1. The average molecular weight is 233 g/mol. The maximum absolute atomic E-state index is 5.68. The third-order valence-corrected chi connectivity index (χ3v) is 2.89. The molecule has 0 fully saturated rings. The summed E-state index contributed by atoms with van der Waals surface area (Å²) in [7, 11) is 1.68. The van der Waals surface area contributed by atoms with Crippen LogP contribution in [0.2, 0.25) is 0 Å². The van der Waals surface area contributed by atoms with Gasteiger partial charge in [-0.1, -0.05) is 6.92 Å². The van der Waals surface area contributed by atoms with Crippen LogP contribution >= 0.6 is 0 Å². The fraction of sp³-hybridized carbons (Fsp3) is 0.500. The number of ether oxygens (including phenoxy) is 2. The maximum atomic E-state index is 5.68. The predicted molar refractivity (Wildman–Crippen MR) is 68.9 cm³/mol. The van der Waals surface area contributed by atoms with Gasteiger partial charge in [0.2, 0.25) is 5.90 Å². The molecule has 0 radical (unpaired) electrons. The van der Waals surface area contributed by atoms with Crippen LogP contribution in [0.4, 0.5) is 0 Å². The lowest BCUT2D eigenvalue weighted by atomic mass is 10.0. The Hall–Kier alpha value is -1.51. The maximum Gasteiger partial charge on any atom is 0.217 e. The summed E-state index contributed by atoms with van der Waals surface area (Å²) in [5, 5.41) is 0. The zero-order chi connectivity index (χ0) is 12.5. The van der Waals surface area contributed by atoms with E-state index in [1.54, 1.807) is 7.11 Å². The summed E-state index contributed by atoms with van der Waals surface area (Å²) >= 11 is 0. The van der Waals surface area contributed by atoms with Crippen molar-refractivity contribution in [2.24, 2.45) is 4.99 Å². The van der Waals surface area contributed by atoms with Crippen LogP contribution in [-0.2, 0) is 11.2 Å². The van der Waals surface area contributed by atoms with Gasteiger partial charge in [-0.2, -0.15) is 0 Å². The van der Waals surface area contributed by atoms with Crippen molar-refractivity contribution < 1.29 is 9.47 Å². The van der Waals surface area contributed by atoms with Crippen molar-refractivity contribution in [2.45, 2.75) is 32.7 Å². The Labute approximate surface area is 102 Å². The molecular weight excluding hydrogens is 214 g/mol. The van der Waals surface area contributed by atoms with E-state index in [2.05, 4.69) is 25.8 Å². The first-order valence-electron chi connectivity index (χ1n) is 5.95. The Morgan fingerprint density at radius 2 is 2.18 bits per heavy atom. The molecule has 2 rings (SSSR count). The molecule has 1 aromatic carbocycles. The normalized spacial score (nSPS) is 17.5. The highest BCUT2D eigenvalue weighted by Crippen LogP contribution is 2.25. The lowest BCUT2D eigenvalue weighted by Gasteiger charge is -2.09. The van der Waals surface area contributed by atoms with Crippen molar-refractivity contribution >= 4 is 5.90 Å². The van der Waals surface area contributed by atoms with Crippen molar-refractivity contribution in [1.29, 1.82) is 0 Å². The Morgan fingerprint density at radius 3 is 2.71 bits per heavy atom. The van der Waals surface area contributed by atoms with Crippen LogP contribution in [0.15, 0.2) is 23.2 Å². The smallest absolute Gasteiger partial charge is 0.217 e. The van der Waals surface area contributed by atoms with Gasteiger partial charge < -0.3 is 9.47 Å². The fourth-order valence-corrected chi connectivity index (χ4v) is 1.92. The average Bonchev–Trinajstić information content (AvgIpc) is 2.68. The van der Waals surface area contributed by atoms with E-state index in [4.69, 9.17) is 9.47 Å². The SMILES string of the molecule is CCc1cc(OC)ccc1C1=NC(C)(C)CO1. The van der Waals surface area contributed by atoms with Crippen LogP contribution in [0, 0.1) is 0 Å². The Bertz CT molecular complexity index is 450. The van der Waals surface area contributed by atoms with Crippen molar-refractivity contribution in [3.05, 3.63) is 29.3 Å². The largest absolute Gasteiger partial charge is 0.497 e. The van der Waals surface area contributed by atoms with Crippen molar-refractivity contribution in [2.75, 3.05) is 13.7 Å². The third kappa shape index (κ3) is 2.43. The highest BCUT2D eigenvalue weighted by molar-refractivity contribution is 5.97. The van der Waals surface area contributed by atoms with E-state index in [1.807, 2.05) is 18.2 Å². The molecule has 0 saturated carbocycles. The van der Waals surface area contributed by atoms with Gasteiger partial charge in [0, 0.05) is 5.56 Å². The minimum Gasteiger partial charge on any atom is -0.497 e. The summed E-state index contributed by atoms with van der Waals surface area (Å²) in [5.74, 6) is 1.64. The van der Waals surface area contributed by atoms with Crippen LogP contribution < -0.4 is 4.74 Å². The second-order valence-electron chi connectivity index (χ2n) is 4.89. The Kier molecular flexibility index (Phi) is 3.09. The minimum atomic E-state index is -0.111. The predicted octanol–water partition coefficient (Wildman–Crippen LogP) is 2.81. The number of nitrogens with zero attached hydrogens (tertiary/aromatic N) is 1. The molecule has 0 aliphatic carbocycles. The van der Waals surface area contributed by atoms with Gasteiger partial charge in [-0.25, -0.2) is 4.99 Å². The van der Waals surface area contributed by atoms with Crippen LogP contribution in [0.25, 0.3) is 0 Å². The summed E-state index contributed by atoms with van der Waals surface area (Å²) < 4.78 is 10.9. The molecule has 0 atom stereocenters. The van der Waals surface area contributed by atoms with Crippen LogP contribution in [0.3, 0.4) is 0 Å². The van der Waals surface area contributed by atoms with Crippen LogP contribution in [-0.4, -0.2) is 25.2 Å². The molecule has 0 aromatic heterocycles. The highest BCUT2D eigenvalue weighted by atomic mass is 16.5. The summed E-state index contributed by atoms with van der Waals surface area (Å²) in [4.78, 5) is 4.61. The molecular formula is C14H19NO2. The minimum absolute atomic E-state index is 0.111. The number of aryl methyl sites for hydroxylation is 1. The van der Waals surface area contributed by atoms with E-state index in [1.165, 1.54) is 5.56 Å². The molecule has 1 heterocycles. The van der Waals surface area contributed by atoms with Gasteiger partial charge in [0.05, 0.1) is 12.6 Å². The Morgan fingerprint density at radius 1 is 1.41 bits per heavy atom. The molecule has 0 saturated heterocycles. The van der Waals surface area contributed by atoms with Crippen LogP contribution in [0.5, 0.6) is 5.75 Å². The molecule has 92 valence electrons. The first-order chi connectivity index (χ1) is 8.05. The van der Waals surface area contributed by atoms with E-state index in [9.17, 15) is 0 Å². The molecule has 0 amide bonds. The van der Waals surface area contributed by atoms with E-state index < -0.39 is 0 Å². The monoisotopic (exact) mass is 233 g/mol. The van der Waals surface area contributed by atoms with Gasteiger partial charge in [0.25, 0.3) is 0 Å². The molecule has 0 bridgehead atoms. The number of rotatable bonds is 3. The Balaban J connectivity index is 2.39. The molecule has 3 heteroatoms. The van der Waals surface area contributed by atoms with Gasteiger partial charge in [-0.15, -0.1) is 0 Å². The molecule has 1 aliphatic rings. The molecule has 1 aliphatic heterocycles. The zero-order valence-corrected chi connectivity index (χ0v) is 10.9. The van der Waals surface area contributed by atoms with Gasteiger partial charge in [0.15, 0.2) is 0 Å². The standard InChI is InChI=1S/C14H19NO2/c1-5-10-8-11(16-4)6-7-12(10)13-15-14(2,3)9-17-13/h6-8H,5,9H2,1-4H3. The van der Waals surface area contributed by atoms with E-state index in [-0.39, 0.29) is 5.54 Å². The first kappa shape index (κ1) is 12.0. The van der Waals surface area contributed by atoms with Gasteiger partial charge in [0.1, 0.15) is 12.4 Å². The molecule has 3 nitrogen and oxygen atoms in total. The second kappa shape index (κ2) is 4.40. The quantitative estimate of drug-likeness (QED) is 0.803. The van der Waals surface area contributed by atoms with Gasteiger partial charge in [-0.05, 0) is 44.0 Å². The van der Waals surface area contributed by atoms with Crippen molar-refractivity contribution in [3.63, 3.8) is 0 Å². The highest BCUT2D eigenvalue weighted by Gasteiger charge is 2.27. The molecule has 0 N–H and O–H groups in total. The third-order valence-electron chi connectivity index (χ3n) is 2.89. The van der Waals surface area contributed by atoms with Gasteiger partial charge >= 0.3 is 0 Å². The topological polar surface area (TPSA) is 30.8 Å². The fourth-order valence-electron chi connectivity index (χ4n) is 1.92. The summed E-state index contributed by atoms with van der Waals surface area (Å²) in [6.45, 7) is 6.93. The molecule has 17 heavy (non-hydrogen) atoms. The summed E-state index contributed by atoms with van der Waals surface area (Å²) in [6.07, 6.45) is 0.940. The van der Waals surface area contributed by atoms with Crippen molar-refractivity contribution in [3.8, 4) is 5.75 Å². The zero-order valence-electron chi connectivity index (χ0n) is 10.9. The number of hydrogen-bond donors (Lipinski definition) is 0. The number of benzene rings is 1. The number of hydrogen-bond acceptors (Lipinski definition) is 3. The molecule has 0 unspecified atom stereocenters. The van der Waals surface area contributed by atoms with E-state index in [0.717, 1.165) is 23.6 Å². The molecule has 1 aromatic rings. The summed E-state index contributed by atoms with van der Waals surface area (Å²) in [5.41, 5.74) is 2.18. The lowest BCUT2D eigenvalue weighted by Crippen LogP contribution is -2.17. The van der Waals surface area contributed by atoms with E-state index in [0.29, 0.717) is 6.61 Å². The summed E-state index contributed by atoms with van der Waals surface area (Å²) in [6, 6.07) is 6.02. The number of aliphatic imine (C=N–C) groups is 1. The van der Waals surface area contributed by atoms with Crippen LogP contribution in [0.1, 0.15) is 31.9 Å². The first-order valence-corrected chi connectivity index (χ1v) is 5.95. The second-order valence-corrected chi connectivity index (χ2v) is 4.89.